The van der Waals surface area contributed by atoms with Crippen molar-refractivity contribution in [2.75, 3.05) is 5.32 Å². The van der Waals surface area contributed by atoms with Gasteiger partial charge in [0.25, 0.3) is 5.91 Å². The summed E-state index contributed by atoms with van der Waals surface area (Å²) in [6.07, 6.45) is -1.46. The number of hydrogen-bond donors (Lipinski definition) is 2. The van der Waals surface area contributed by atoms with E-state index in [4.69, 9.17) is 16.3 Å². The molecule has 1 fully saturated rings. The number of anilines is 1. The lowest BCUT2D eigenvalue weighted by atomic mass is 9.99. The first-order valence-electron chi connectivity index (χ1n) is 12.9. The summed E-state index contributed by atoms with van der Waals surface area (Å²) in [5, 5.41) is 6.28. The number of benzene rings is 4. The average Bonchev–Trinajstić information content (AvgIpc) is 3.29. The van der Waals surface area contributed by atoms with Crippen LogP contribution in [-0.2, 0) is 22.6 Å². The van der Waals surface area contributed by atoms with Gasteiger partial charge in [0.1, 0.15) is 0 Å². The molecular formula is C32H28ClN3O4. The average molecular weight is 554 g/mol. The lowest BCUT2D eigenvalue weighted by molar-refractivity contribution is -0.126. The Morgan fingerprint density at radius 3 is 2.38 bits per heavy atom. The summed E-state index contributed by atoms with van der Waals surface area (Å²) in [6, 6.07) is 30.0. The van der Waals surface area contributed by atoms with Crippen molar-refractivity contribution in [2.45, 2.75) is 32.2 Å². The Balaban J connectivity index is 1.40. The highest BCUT2D eigenvalue weighted by molar-refractivity contribution is 6.31. The summed E-state index contributed by atoms with van der Waals surface area (Å²) < 4.78 is 5.80. The smallest absolute Gasteiger partial charge is 0.411 e. The van der Waals surface area contributed by atoms with Crippen molar-refractivity contribution in [1.82, 2.24) is 10.2 Å². The van der Waals surface area contributed by atoms with Crippen LogP contribution in [0.3, 0.4) is 0 Å². The van der Waals surface area contributed by atoms with Crippen LogP contribution >= 0.6 is 11.6 Å². The largest absolute Gasteiger partial charge is 0.438 e. The number of carbonyl (C=O) groups excluding carboxylic acids is 3. The van der Waals surface area contributed by atoms with Gasteiger partial charge in [-0.3, -0.25) is 14.5 Å². The van der Waals surface area contributed by atoms with Gasteiger partial charge >= 0.3 is 6.09 Å². The number of amides is 3. The molecule has 4 aromatic rings. The fourth-order valence-corrected chi connectivity index (χ4v) is 4.81. The van der Waals surface area contributed by atoms with Crippen LogP contribution in [0.5, 0.6) is 0 Å². The number of hydrogen-bond acceptors (Lipinski definition) is 4. The Morgan fingerprint density at radius 2 is 1.62 bits per heavy atom. The molecule has 0 bridgehead atoms. The molecule has 1 heterocycles. The topological polar surface area (TPSA) is 87.7 Å². The van der Waals surface area contributed by atoms with Crippen LogP contribution in [0.4, 0.5) is 10.5 Å². The number of nitrogens with one attached hydrogen (secondary N) is 2. The van der Waals surface area contributed by atoms with Gasteiger partial charge in [-0.15, -0.1) is 0 Å². The van der Waals surface area contributed by atoms with Crippen LogP contribution in [0.15, 0.2) is 103 Å². The SMILES string of the molecule is Cc1ccc(CN2C(=O)O[C@H](c3cccc(NC(=O)c4cccc(Cl)c4)c3)[C@H]2C(=O)NCc2ccccc2)cc1. The minimum Gasteiger partial charge on any atom is -0.438 e. The van der Waals surface area contributed by atoms with Crippen LogP contribution in [0.25, 0.3) is 0 Å². The van der Waals surface area contributed by atoms with E-state index in [0.29, 0.717) is 28.4 Å². The highest BCUT2D eigenvalue weighted by Crippen LogP contribution is 2.35. The number of cyclic esters (lactones) is 1. The Labute approximate surface area is 237 Å². The van der Waals surface area contributed by atoms with Crippen molar-refractivity contribution in [3.05, 3.63) is 136 Å². The second-order valence-corrected chi connectivity index (χ2v) is 10.1. The molecule has 0 aliphatic carbocycles. The van der Waals surface area contributed by atoms with E-state index < -0.39 is 18.2 Å². The van der Waals surface area contributed by atoms with E-state index in [1.165, 1.54) is 4.90 Å². The Morgan fingerprint density at radius 1 is 0.875 bits per heavy atom. The molecular weight excluding hydrogens is 526 g/mol. The summed E-state index contributed by atoms with van der Waals surface area (Å²) in [5.41, 5.74) is 4.41. The normalized spacial score (nSPS) is 16.4. The van der Waals surface area contributed by atoms with Gasteiger partial charge in [0.15, 0.2) is 12.1 Å². The molecule has 0 unspecified atom stereocenters. The number of ether oxygens (including phenoxy) is 1. The summed E-state index contributed by atoms with van der Waals surface area (Å²) in [7, 11) is 0. The minimum atomic E-state index is -0.920. The lowest BCUT2D eigenvalue weighted by Gasteiger charge is -2.24. The molecule has 0 radical (unpaired) electrons. The van der Waals surface area contributed by atoms with Crippen molar-refractivity contribution in [1.29, 1.82) is 0 Å². The first kappa shape index (κ1) is 27.0. The number of carbonyl (C=O) groups is 3. The molecule has 8 heteroatoms. The molecule has 0 aromatic heterocycles. The van der Waals surface area contributed by atoms with Gasteiger partial charge in [0.2, 0.25) is 5.91 Å². The van der Waals surface area contributed by atoms with Gasteiger partial charge < -0.3 is 15.4 Å². The lowest BCUT2D eigenvalue weighted by Crippen LogP contribution is -2.46. The maximum Gasteiger partial charge on any atom is 0.411 e. The van der Waals surface area contributed by atoms with Gasteiger partial charge in [0.05, 0.1) is 6.54 Å². The zero-order chi connectivity index (χ0) is 28.1. The van der Waals surface area contributed by atoms with Crippen LogP contribution < -0.4 is 10.6 Å². The molecule has 1 aliphatic rings. The van der Waals surface area contributed by atoms with E-state index in [0.717, 1.165) is 16.7 Å². The second kappa shape index (κ2) is 12.1. The predicted molar refractivity (Wildman–Crippen MR) is 154 cm³/mol. The summed E-state index contributed by atoms with van der Waals surface area (Å²) >= 11 is 6.04. The fourth-order valence-electron chi connectivity index (χ4n) is 4.62. The molecule has 5 rings (SSSR count). The van der Waals surface area contributed by atoms with Gasteiger partial charge in [-0.1, -0.05) is 90.0 Å². The van der Waals surface area contributed by atoms with Gasteiger partial charge in [-0.25, -0.2) is 4.79 Å². The quantitative estimate of drug-likeness (QED) is 0.269. The molecule has 0 spiro atoms. The first-order valence-corrected chi connectivity index (χ1v) is 13.3. The predicted octanol–water partition coefficient (Wildman–Crippen LogP) is 6.28. The minimum absolute atomic E-state index is 0.213. The fraction of sp³-hybridized carbons (Fsp3) is 0.156. The zero-order valence-electron chi connectivity index (χ0n) is 21.8. The van der Waals surface area contributed by atoms with E-state index in [2.05, 4.69) is 10.6 Å². The zero-order valence-corrected chi connectivity index (χ0v) is 22.6. The third-order valence-corrected chi connectivity index (χ3v) is 6.93. The molecule has 202 valence electrons. The standard InChI is InChI=1S/C32H28ClN3O4/c1-21-13-15-23(16-14-21)20-36-28(31(38)34-19-22-7-3-2-4-8-22)29(40-32(36)39)24-9-6-12-27(18-24)35-30(37)25-10-5-11-26(33)17-25/h2-18,28-29H,19-20H2,1H3,(H,34,38)(H,35,37)/t28-,29+/m0/s1. The van der Waals surface area contributed by atoms with Crippen LogP contribution in [0, 0.1) is 6.92 Å². The number of aryl methyl sites for hydroxylation is 1. The van der Waals surface area contributed by atoms with Crippen molar-refractivity contribution in [2.24, 2.45) is 0 Å². The Hall–Kier alpha value is -4.62. The summed E-state index contributed by atoms with van der Waals surface area (Å²) in [4.78, 5) is 41.0. The van der Waals surface area contributed by atoms with E-state index >= 15 is 0 Å². The maximum absolute atomic E-state index is 13.6. The van der Waals surface area contributed by atoms with Gasteiger partial charge in [-0.2, -0.15) is 0 Å². The van der Waals surface area contributed by atoms with E-state index in [1.807, 2.05) is 61.5 Å². The Kier molecular flexibility index (Phi) is 8.12. The monoisotopic (exact) mass is 553 g/mol. The molecule has 1 aliphatic heterocycles. The van der Waals surface area contributed by atoms with Gasteiger partial charge in [-0.05, 0) is 53.9 Å². The van der Waals surface area contributed by atoms with Gasteiger partial charge in [0, 0.05) is 22.8 Å². The molecule has 2 atom stereocenters. The molecule has 4 aromatic carbocycles. The molecule has 7 nitrogen and oxygen atoms in total. The van der Waals surface area contributed by atoms with Crippen LogP contribution in [0.1, 0.15) is 38.7 Å². The maximum atomic E-state index is 13.6. The van der Waals surface area contributed by atoms with Crippen molar-refractivity contribution in [3.8, 4) is 0 Å². The number of halogens is 1. The first-order chi connectivity index (χ1) is 19.4. The summed E-state index contributed by atoms with van der Waals surface area (Å²) in [6.45, 7) is 2.51. The third-order valence-electron chi connectivity index (χ3n) is 6.70. The van der Waals surface area contributed by atoms with E-state index in [-0.39, 0.29) is 18.4 Å². The van der Waals surface area contributed by atoms with Crippen molar-refractivity contribution in [3.63, 3.8) is 0 Å². The van der Waals surface area contributed by atoms with Crippen molar-refractivity contribution >= 4 is 35.2 Å². The molecule has 40 heavy (non-hydrogen) atoms. The highest BCUT2D eigenvalue weighted by Gasteiger charge is 2.47. The third kappa shape index (κ3) is 6.33. The number of nitrogens with zero attached hydrogens (tertiary/aromatic N) is 1. The summed E-state index contributed by atoms with van der Waals surface area (Å²) in [5.74, 6) is -0.665. The van der Waals surface area contributed by atoms with E-state index in [9.17, 15) is 14.4 Å². The molecule has 1 saturated heterocycles. The van der Waals surface area contributed by atoms with Crippen molar-refractivity contribution < 1.29 is 19.1 Å². The number of rotatable bonds is 8. The highest BCUT2D eigenvalue weighted by atomic mass is 35.5. The second-order valence-electron chi connectivity index (χ2n) is 9.66. The van der Waals surface area contributed by atoms with Crippen LogP contribution in [0.2, 0.25) is 5.02 Å². The molecule has 2 N–H and O–H groups in total. The Bertz CT molecular complexity index is 1520. The molecule has 0 saturated carbocycles. The molecule has 3 amide bonds. The van der Waals surface area contributed by atoms with E-state index in [1.54, 1.807) is 48.5 Å². The van der Waals surface area contributed by atoms with Crippen LogP contribution in [-0.4, -0.2) is 28.8 Å².